The Kier molecular flexibility index (Phi) is 7.96. The molecule has 0 amide bonds. The van der Waals surface area contributed by atoms with Crippen LogP contribution in [0.4, 0.5) is 0 Å². The first-order valence-corrected chi connectivity index (χ1v) is 6.55. The molecule has 0 fully saturated rings. The maximum atomic E-state index is 6.08. The summed E-state index contributed by atoms with van der Waals surface area (Å²) in [6.07, 6.45) is 4.93. The van der Waals surface area contributed by atoms with Crippen molar-refractivity contribution in [1.29, 1.82) is 0 Å². The van der Waals surface area contributed by atoms with Gasteiger partial charge < -0.3 is 0 Å². The standard InChI is InChI=1S/C15H26NO.BH4/c1-5-6-12-15(17-16(2,3)4)13-14-10-8-7-9-11-14;/h7-11,15H,5-6,12-13H2,1-4H3;1H4/q+1;-1. The highest BCUT2D eigenvalue weighted by Crippen LogP contribution is 2.14. The normalized spacial score (nSPS) is 12.9. The summed E-state index contributed by atoms with van der Waals surface area (Å²) in [5.41, 5.74) is 1.36. The number of benzene rings is 1. The van der Waals surface area contributed by atoms with Gasteiger partial charge in [-0.2, -0.15) is 9.48 Å². The molecule has 0 saturated carbocycles. The Labute approximate surface area is 114 Å². The third-order valence-electron chi connectivity index (χ3n) is 2.65. The second-order valence-corrected chi connectivity index (χ2v) is 5.45. The van der Waals surface area contributed by atoms with Crippen molar-refractivity contribution in [3.63, 3.8) is 0 Å². The topological polar surface area (TPSA) is 9.23 Å². The van der Waals surface area contributed by atoms with Crippen LogP contribution < -0.4 is 0 Å². The predicted molar refractivity (Wildman–Crippen MR) is 83.9 cm³/mol. The summed E-state index contributed by atoms with van der Waals surface area (Å²) in [5.74, 6) is 0. The van der Waals surface area contributed by atoms with Gasteiger partial charge in [0.1, 0.15) is 6.10 Å². The number of hydroxylamine groups is 3. The van der Waals surface area contributed by atoms with Crippen LogP contribution in [0.2, 0.25) is 0 Å². The molecule has 0 aliphatic rings. The van der Waals surface area contributed by atoms with Crippen LogP contribution in [0, 0.1) is 0 Å². The lowest BCUT2D eigenvalue weighted by Gasteiger charge is -2.27. The van der Waals surface area contributed by atoms with Crippen LogP contribution in [-0.2, 0) is 11.3 Å². The predicted octanol–water partition coefficient (Wildman–Crippen LogP) is 1.97. The Balaban J connectivity index is 0.00000289. The van der Waals surface area contributed by atoms with Crippen molar-refractivity contribution in [3.05, 3.63) is 35.9 Å². The van der Waals surface area contributed by atoms with Crippen LogP contribution in [-0.4, -0.2) is 40.3 Å². The summed E-state index contributed by atoms with van der Waals surface area (Å²) in [6, 6.07) is 10.6. The number of unbranched alkanes of at least 4 members (excludes halogenated alkanes) is 1. The van der Waals surface area contributed by atoms with Gasteiger partial charge in [0.05, 0.1) is 21.1 Å². The second-order valence-electron chi connectivity index (χ2n) is 5.45. The summed E-state index contributed by atoms with van der Waals surface area (Å²) >= 11 is 0. The van der Waals surface area contributed by atoms with Crippen LogP contribution in [0.5, 0.6) is 0 Å². The third-order valence-corrected chi connectivity index (χ3v) is 2.65. The van der Waals surface area contributed by atoms with Gasteiger partial charge in [0.25, 0.3) is 0 Å². The van der Waals surface area contributed by atoms with E-state index in [1.165, 1.54) is 18.4 Å². The molecule has 3 heteroatoms. The van der Waals surface area contributed by atoms with Gasteiger partial charge in [-0.15, -0.1) is 0 Å². The highest BCUT2D eigenvalue weighted by atomic mass is 16.7. The molecule has 0 N–H and O–H groups in total. The van der Waals surface area contributed by atoms with Crippen LogP contribution in [0.15, 0.2) is 30.3 Å². The number of hydrogen-bond donors (Lipinski definition) is 0. The largest absolute Gasteiger partial charge is 0.200 e. The van der Waals surface area contributed by atoms with E-state index in [1.807, 2.05) is 0 Å². The fourth-order valence-corrected chi connectivity index (χ4v) is 1.95. The first-order valence-electron chi connectivity index (χ1n) is 6.55. The summed E-state index contributed by atoms with van der Waals surface area (Å²) in [6.45, 7) is 2.23. The van der Waals surface area contributed by atoms with Crippen molar-refractivity contribution < 1.29 is 9.48 Å². The molecule has 104 valence electrons. The number of rotatable bonds is 7. The van der Waals surface area contributed by atoms with Crippen molar-refractivity contribution in [3.8, 4) is 0 Å². The van der Waals surface area contributed by atoms with Gasteiger partial charge in [-0.05, 0) is 12.0 Å². The molecular formula is C15H30BNO. The smallest absolute Gasteiger partial charge is 0.121 e. The Morgan fingerprint density at radius 2 is 1.72 bits per heavy atom. The minimum atomic E-state index is 0. The minimum Gasteiger partial charge on any atom is -0.200 e. The molecule has 0 saturated heterocycles. The zero-order chi connectivity index (χ0) is 12.7. The molecule has 0 spiro atoms. The van der Waals surface area contributed by atoms with Crippen LogP contribution in [0.25, 0.3) is 0 Å². The third kappa shape index (κ3) is 7.52. The molecule has 0 radical (unpaired) electrons. The van der Waals surface area contributed by atoms with Gasteiger partial charge in [0.15, 0.2) is 0 Å². The zero-order valence-corrected chi connectivity index (χ0v) is 11.6. The fourth-order valence-electron chi connectivity index (χ4n) is 1.95. The van der Waals surface area contributed by atoms with E-state index in [2.05, 4.69) is 58.4 Å². The lowest BCUT2D eigenvalue weighted by Crippen LogP contribution is -2.39. The number of nitrogens with zero attached hydrogens (tertiary/aromatic N) is 1. The quantitative estimate of drug-likeness (QED) is 0.409. The average Bonchev–Trinajstić information content (AvgIpc) is 2.25. The summed E-state index contributed by atoms with van der Waals surface area (Å²) in [7, 11) is 6.22. The molecule has 1 atom stereocenters. The van der Waals surface area contributed by atoms with E-state index in [0.717, 1.165) is 12.8 Å². The van der Waals surface area contributed by atoms with Crippen LogP contribution in [0.1, 0.15) is 31.7 Å². The Bertz CT molecular complexity index is 308. The molecule has 0 aromatic heterocycles. The van der Waals surface area contributed by atoms with Crippen molar-refractivity contribution in [2.75, 3.05) is 21.1 Å². The van der Waals surface area contributed by atoms with Gasteiger partial charge in [0.2, 0.25) is 0 Å². The monoisotopic (exact) mass is 251 g/mol. The maximum Gasteiger partial charge on any atom is 0.121 e. The minimum absolute atomic E-state index is 0. The molecule has 0 heterocycles. The van der Waals surface area contributed by atoms with Crippen molar-refractivity contribution >= 4 is 8.41 Å². The highest BCUT2D eigenvalue weighted by Gasteiger charge is 2.19. The molecule has 2 nitrogen and oxygen atoms in total. The van der Waals surface area contributed by atoms with Gasteiger partial charge in [-0.3, -0.25) is 0 Å². The summed E-state index contributed by atoms with van der Waals surface area (Å²) < 4.78 is 0.571. The van der Waals surface area contributed by atoms with Gasteiger partial charge in [-0.25, -0.2) is 0 Å². The van der Waals surface area contributed by atoms with E-state index in [9.17, 15) is 0 Å². The molecule has 1 rings (SSSR count). The Morgan fingerprint density at radius 3 is 2.22 bits per heavy atom. The molecule has 1 aromatic carbocycles. The SMILES string of the molecule is CCCCC(Cc1ccccc1)O[N+](C)(C)C.[BH4-]. The molecule has 0 bridgehead atoms. The molecule has 18 heavy (non-hydrogen) atoms. The second kappa shape index (κ2) is 8.33. The van der Waals surface area contributed by atoms with E-state index in [0.29, 0.717) is 10.8 Å². The van der Waals surface area contributed by atoms with Crippen LogP contribution in [0.3, 0.4) is 0 Å². The van der Waals surface area contributed by atoms with Crippen molar-refractivity contribution in [2.24, 2.45) is 0 Å². The average molecular weight is 251 g/mol. The van der Waals surface area contributed by atoms with E-state index in [1.54, 1.807) is 0 Å². The molecule has 0 aliphatic heterocycles. The van der Waals surface area contributed by atoms with Gasteiger partial charge >= 0.3 is 0 Å². The van der Waals surface area contributed by atoms with Crippen molar-refractivity contribution in [1.82, 2.24) is 0 Å². The first kappa shape index (κ1) is 17.2. The lowest BCUT2D eigenvalue weighted by molar-refractivity contribution is -1.07. The molecule has 1 unspecified atom stereocenters. The Morgan fingerprint density at radius 1 is 1.11 bits per heavy atom. The van der Waals surface area contributed by atoms with Gasteiger partial charge in [0, 0.05) is 6.42 Å². The molecular weight excluding hydrogens is 221 g/mol. The number of hydrogen-bond acceptors (Lipinski definition) is 1. The maximum absolute atomic E-state index is 6.08. The van der Waals surface area contributed by atoms with E-state index in [4.69, 9.17) is 4.84 Å². The molecule has 0 aliphatic carbocycles. The van der Waals surface area contributed by atoms with Crippen LogP contribution >= 0.6 is 0 Å². The van der Waals surface area contributed by atoms with Gasteiger partial charge in [-0.1, -0.05) is 58.5 Å². The fraction of sp³-hybridized carbons (Fsp3) is 0.600. The number of quaternary nitrogens is 1. The van der Waals surface area contributed by atoms with E-state index < -0.39 is 0 Å². The zero-order valence-electron chi connectivity index (χ0n) is 11.6. The lowest BCUT2D eigenvalue weighted by atomic mass is 10.0. The summed E-state index contributed by atoms with van der Waals surface area (Å²) in [5, 5.41) is 0. The van der Waals surface area contributed by atoms with Crippen molar-refractivity contribution in [2.45, 2.75) is 38.7 Å². The van der Waals surface area contributed by atoms with E-state index >= 15 is 0 Å². The highest BCUT2D eigenvalue weighted by molar-refractivity contribution is 5.75. The Hall–Kier alpha value is -0.795. The first-order chi connectivity index (χ1) is 8.01. The summed E-state index contributed by atoms with van der Waals surface area (Å²) in [4.78, 5) is 6.08. The molecule has 1 aromatic rings. The van der Waals surface area contributed by atoms with E-state index in [-0.39, 0.29) is 8.41 Å².